The third-order valence-corrected chi connectivity index (χ3v) is 5.24. The molecule has 0 aliphatic heterocycles. The van der Waals surface area contributed by atoms with Gasteiger partial charge in [-0.15, -0.1) is 0 Å². The number of aryl methyl sites for hydroxylation is 1. The smallest absolute Gasteiger partial charge is 0.263 e. The minimum absolute atomic E-state index is 0.273. The number of hydrogen-bond acceptors (Lipinski definition) is 4. The summed E-state index contributed by atoms with van der Waals surface area (Å²) in [5.74, 6) is 0.329. The lowest BCUT2D eigenvalue weighted by molar-refractivity contribution is 0.600. The van der Waals surface area contributed by atoms with Crippen molar-refractivity contribution in [3.05, 3.63) is 48.2 Å². The minimum Gasteiger partial charge on any atom is -0.370 e. The monoisotopic (exact) mass is 347 g/mol. The minimum atomic E-state index is -3.62. The molecule has 0 saturated heterocycles. The average molecular weight is 347 g/mol. The lowest BCUT2D eigenvalue weighted by Crippen LogP contribution is -2.25. The number of anilines is 2. The van der Waals surface area contributed by atoms with Crippen LogP contribution in [-0.2, 0) is 10.0 Å². The molecule has 0 aliphatic carbocycles. The Hall–Kier alpha value is -2.08. The first-order valence-corrected chi connectivity index (χ1v) is 9.75. The van der Waals surface area contributed by atoms with Gasteiger partial charge in [0.2, 0.25) is 0 Å². The summed E-state index contributed by atoms with van der Waals surface area (Å²) in [7, 11) is -3.62. The van der Waals surface area contributed by atoms with Gasteiger partial charge in [0.25, 0.3) is 10.0 Å². The Kier molecular flexibility index (Phi) is 6.20. The second-order valence-electron chi connectivity index (χ2n) is 5.76. The van der Waals surface area contributed by atoms with Crippen LogP contribution in [0.15, 0.2) is 47.5 Å². The van der Waals surface area contributed by atoms with Gasteiger partial charge < -0.3 is 4.90 Å². The van der Waals surface area contributed by atoms with Gasteiger partial charge in [-0.3, -0.25) is 4.72 Å². The first kappa shape index (κ1) is 18.3. The zero-order chi connectivity index (χ0) is 17.6. The highest BCUT2D eigenvalue weighted by atomic mass is 32.2. The lowest BCUT2D eigenvalue weighted by atomic mass is 10.2. The van der Waals surface area contributed by atoms with E-state index in [9.17, 15) is 8.42 Å². The summed E-state index contributed by atoms with van der Waals surface area (Å²) < 4.78 is 27.5. The van der Waals surface area contributed by atoms with Gasteiger partial charge >= 0.3 is 0 Å². The van der Waals surface area contributed by atoms with Crippen LogP contribution in [0.3, 0.4) is 0 Å². The highest BCUT2D eigenvalue weighted by molar-refractivity contribution is 7.92. The third kappa shape index (κ3) is 4.47. The highest BCUT2D eigenvalue weighted by Gasteiger charge is 2.17. The Morgan fingerprint density at radius 3 is 2.25 bits per heavy atom. The largest absolute Gasteiger partial charge is 0.370 e. The van der Waals surface area contributed by atoms with Crippen molar-refractivity contribution >= 4 is 21.5 Å². The molecule has 0 spiro atoms. The van der Waals surface area contributed by atoms with Crippen LogP contribution < -0.4 is 9.62 Å². The molecule has 0 fully saturated rings. The van der Waals surface area contributed by atoms with E-state index in [-0.39, 0.29) is 4.90 Å². The van der Waals surface area contributed by atoms with Gasteiger partial charge in [-0.25, -0.2) is 13.4 Å². The van der Waals surface area contributed by atoms with Crippen LogP contribution >= 0.6 is 0 Å². The van der Waals surface area contributed by atoms with Gasteiger partial charge in [-0.1, -0.05) is 32.0 Å². The zero-order valence-electron chi connectivity index (χ0n) is 14.5. The maximum Gasteiger partial charge on any atom is 0.263 e. The fourth-order valence-corrected chi connectivity index (χ4v) is 3.85. The predicted octanol–water partition coefficient (Wildman–Crippen LogP) is 3.82. The molecule has 0 radical (unpaired) electrons. The Morgan fingerprint density at radius 2 is 1.71 bits per heavy atom. The summed E-state index contributed by atoms with van der Waals surface area (Å²) >= 11 is 0. The number of hydrogen-bond donors (Lipinski definition) is 1. The number of pyridine rings is 1. The third-order valence-electron chi connectivity index (χ3n) is 3.72. The van der Waals surface area contributed by atoms with Gasteiger partial charge in [-0.2, -0.15) is 0 Å². The van der Waals surface area contributed by atoms with E-state index in [0.717, 1.165) is 31.6 Å². The van der Waals surface area contributed by atoms with Gasteiger partial charge in [0.05, 0.1) is 16.8 Å². The van der Waals surface area contributed by atoms with E-state index >= 15 is 0 Å². The molecule has 0 aliphatic rings. The van der Waals surface area contributed by atoms with E-state index in [1.165, 1.54) is 0 Å². The Balaban J connectivity index is 2.18. The first-order valence-electron chi connectivity index (χ1n) is 8.27. The van der Waals surface area contributed by atoms with E-state index in [2.05, 4.69) is 28.5 Å². The van der Waals surface area contributed by atoms with E-state index in [0.29, 0.717) is 11.4 Å². The Morgan fingerprint density at radius 1 is 1.04 bits per heavy atom. The normalized spacial score (nSPS) is 11.3. The number of sulfonamides is 1. The van der Waals surface area contributed by atoms with Crippen LogP contribution in [0, 0.1) is 6.92 Å². The summed E-state index contributed by atoms with van der Waals surface area (Å²) in [5, 5.41) is 0. The number of aromatic nitrogens is 1. The molecule has 6 heteroatoms. The molecule has 0 atom stereocenters. The molecular weight excluding hydrogens is 322 g/mol. The molecule has 0 amide bonds. The van der Waals surface area contributed by atoms with E-state index in [1.807, 2.05) is 12.1 Å². The van der Waals surface area contributed by atoms with E-state index < -0.39 is 10.0 Å². The summed E-state index contributed by atoms with van der Waals surface area (Å²) in [5.41, 5.74) is 1.72. The number of nitrogens with one attached hydrogen (secondary N) is 1. The second-order valence-corrected chi connectivity index (χ2v) is 7.41. The van der Waals surface area contributed by atoms with Gasteiger partial charge in [-0.05, 0) is 43.5 Å². The van der Waals surface area contributed by atoms with Crippen molar-refractivity contribution in [1.82, 2.24) is 4.98 Å². The van der Waals surface area contributed by atoms with Crippen molar-refractivity contribution in [2.75, 3.05) is 22.7 Å². The highest BCUT2D eigenvalue weighted by Crippen LogP contribution is 2.20. The molecule has 0 saturated carbocycles. The zero-order valence-corrected chi connectivity index (χ0v) is 15.3. The van der Waals surface area contributed by atoms with Gasteiger partial charge in [0, 0.05) is 13.1 Å². The predicted molar refractivity (Wildman–Crippen MR) is 99.0 cm³/mol. The molecule has 130 valence electrons. The molecule has 1 aromatic carbocycles. The summed E-state index contributed by atoms with van der Waals surface area (Å²) in [6.45, 7) is 7.98. The molecule has 0 bridgehead atoms. The second kappa shape index (κ2) is 8.15. The number of rotatable bonds is 8. The van der Waals surface area contributed by atoms with Crippen LogP contribution in [0.1, 0.15) is 32.3 Å². The maximum atomic E-state index is 12.5. The summed E-state index contributed by atoms with van der Waals surface area (Å²) in [4.78, 5) is 6.80. The molecule has 0 unspecified atom stereocenters. The van der Waals surface area contributed by atoms with Crippen molar-refractivity contribution in [2.24, 2.45) is 0 Å². The van der Waals surface area contributed by atoms with Crippen LogP contribution in [0.25, 0.3) is 0 Å². The molecule has 1 N–H and O–H groups in total. The van der Waals surface area contributed by atoms with Crippen molar-refractivity contribution in [3.63, 3.8) is 0 Å². The molecular formula is C18H25N3O2S. The molecule has 1 aromatic heterocycles. The van der Waals surface area contributed by atoms with Crippen molar-refractivity contribution < 1.29 is 8.42 Å². The van der Waals surface area contributed by atoms with Crippen molar-refractivity contribution in [3.8, 4) is 0 Å². The molecule has 24 heavy (non-hydrogen) atoms. The SMILES string of the molecule is CCCN(CCC)c1ccc(NS(=O)(=O)c2ccccc2C)nc1. The maximum absolute atomic E-state index is 12.5. The average Bonchev–Trinajstić information content (AvgIpc) is 2.55. The van der Waals surface area contributed by atoms with Gasteiger partial charge in [0.15, 0.2) is 0 Å². The molecule has 5 nitrogen and oxygen atoms in total. The Bertz CT molecular complexity index is 752. The number of benzene rings is 1. The van der Waals surface area contributed by atoms with E-state index in [1.54, 1.807) is 37.4 Å². The van der Waals surface area contributed by atoms with Crippen molar-refractivity contribution in [1.29, 1.82) is 0 Å². The van der Waals surface area contributed by atoms with Crippen LogP contribution in [-0.4, -0.2) is 26.5 Å². The standard InChI is InChI=1S/C18H25N3O2S/c1-4-12-21(13-5-2)16-10-11-18(19-14-16)20-24(22,23)17-9-7-6-8-15(17)3/h6-11,14H,4-5,12-13H2,1-3H3,(H,19,20). The lowest BCUT2D eigenvalue weighted by Gasteiger charge is -2.23. The summed E-state index contributed by atoms with van der Waals surface area (Å²) in [6, 6.07) is 10.5. The van der Waals surface area contributed by atoms with Crippen LogP contribution in [0.5, 0.6) is 0 Å². The van der Waals surface area contributed by atoms with E-state index in [4.69, 9.17) is 0 Å². The van der Waals surface area contributed by atoms with Gasteiger partial charge in [0.1, 0.15) is 5.82 Å². The summed E-state index contributed by atoms with van der Waals surface area (Å²) in [6.07, 6.45) is 3.84. The quantitative estimate of drug-likeness (QED) is 0.788. The molecule has 2 rings (SSSR count). The Labute approximate surface area is 144 Å². The molecule has 1 heterocycles. The van der Waals surface area contributed by atoms with Crippen LogP contribution in [0.4, 0.5) is 11.5 Å². The fraction of sp³-hybridized carbons (Fsp3) is 0.389. The molecule has 2 aromatic rings. The first-order chi connectivity index (χ1) is 11.5. The van der Waals surface area contributed by atoms with Crippen molar-refractivity contribution in [2.45, 2.75) is 38.5 Å². The number of nitrogens with zero attached hydrogens (tertiary/aromatic N) is 2. The topological polar surface area (TPSA) is 62.3 Å². The van der Waals surface area contributed by atoms with Crippen LogP contribution in [0.2, 0.25) is 0 Å². The fourth-order valence-electron chi connectivity index (χ4n) is 2.59.